The van der Waals surface area contributed by atoms with Crippen LogP contribution in [0.5, 0.6) is 0 Å². The molecule has 0 saturated carbocycles. The van der Waals surface area contributed by atoms with E-state index >= 15 is 0 Å². The molecule has 2 heterocycles. The first-order valence-corrected chi connectivity index (χ1v) is 10.8. The van der Waals surface area contributed by atoms with E-state index in [1.165, 1.54) is 16.4 Å². The van der Waals surface area contributed by atoms with Gasteiger partial charge in [0, 0.05) is 32.7 Å². The van der Waals surface area contributed by atoms with Crippen LogP contribution in [0, 0.1) is 5.82 Å². The quantitative estimate of drug-likeness (QED) is 0.733. The Bertz CT molecular complexity index is 822. The molecule has 0 spiro atoms. The highest BCUT2D eigenvalue weighted by Gasteiger charge is 2.33. The molecule has 1 atom stereocenters. The third-order valence-electron chi connectivity index (χ3n) is 5.29. The van der Waals surface area contributed by atoms with Crippen LogP contribution in [0.3, 0.4) is 0 Å². The van der Waals surface area contributed by atoms with E-state index in [1.54, 1.807) is 4.90 Å². The van der Waals surface area contributed by atoms with Gasteiger partial charge in [0.05, 0.1) is 11.4 Å². The lowest BCUT2D eigenvalue weighted by Crippen LogP contribution is -2.55. The van der Waals surface area contributed by atoms with Crippen molar-refractivity contribution in [3.05, 3.63) is 30.1 Å². The minimum atomic E-state index is -3.69. The molecule has 3 rings (SSSR count). The number of carbonyl (C=O) groups excluding carboxylic acids is 2. The van der Waals surface area contributed by atoms with Crippen LogP contribution in [0.2, 0.25) is 0 Å². The molecule has 2 aliphatic rings. The molecule has 0 bridgehead atoms. The third kappa shape index (κ3) is 4.50. The molecular weight excluding hydrogens is 387 g/mol. The van der Waals surface area contributed by atoms with Crippen molar-refractivity contribution >= 4 is 21.8 Å². The van der Waals surface area contributed by atoms with E-state index in [0.29, 0.717) is 26.1 Å². The number of halogens is 1. The van der Waals surface area contributed by atoms with Crippen molar-refractivity contribution in [1.29, 1.82) is 0 Å². The zero-order chi connectivity index (χ0) is 20.3. The fourth-order valence-electron chi connectivity index (χ4n) is 3.69. The second-order valence-electron chi connectivity index (χ2n) is 7.14. The highest BCUT2D eigenvalue weighted by Crippen LogP contribution is 2.20. The molecule has 2 saturated heterocycles. The number of nitrogens with two attached hydrogens (primary N) is 1. The number of amides is 2. The number of primary amides is 1. The van der Waals surface area contributed by atoms with Gasteiger partial charge in [0.1, 0.15) is 11.9 Å². The van der Waals surface area contributed by atoms with Crippen molar-refractivity contribution in [1.82, 2.24) is 14.1 Å². The van der Waals surface area contributed by atoms with E-state index in [4.69, 9.17) is 5.73 Å². The van der Waals surface area contributed by atoms with Crippen LogP contribution in [-0.4, -0.2) is 79.6 Å². The molecule has 2 amide bonds. The van der Waals surface area contributed by atoms with Gasteiger partial charge in [-0.3, -0.25) is 14.5 Å². The van der Waals surface area contributed by atoms with Gasteiger partial charge in [-0.1, -0.05) is 0 Å². The molecule has 154 valence electrons. The van der Waals surface area contributed by atoms with Crippen LogP contribution in [0.15, 0.2) is 29.2 Å². The van der Waals surface area contributed by atoms with Crippen molar-refractivity contribution in [2.24, 2.45) is 5.73 Å². The monoisotopic (exact) mass is 412 g/mol. The molecule has 0 aromatic heterocycles. The van der Waals surface area contributed by atoms with Gasteiger partial charge < -0.3 is 10.6 Å². The van der Waals surface area contributed by atoms with Crippen LogP contribution in [0.4, 0.5) is 4.39 Å². The number of hydrogen-bond donors (Lipinski definition) is 1. The number of carbonyl (C=O) groups is 2. The molecular formula is C18H25FN4O4S. The number of likely N-dealkylation sites (tertiary alicyclic amines) is 1. The maximum atomic E-state index is 13.0. The molecule has 2 N–H and O–H groups in total. The first-order chi connectivity index (χ1) is 13.3. The number of rotatable bonds is 5. The Balaban J connectivity index is 1.57. The van der Waals surface area contributed by atoms with Crippen molar-refractivity contribution in [2.75, 3.05) is 39.3 Å². The number of sulfonamides is 1. The van der Waals surface area contributed by atoms with Gasteiger partial charge in [-0.25, -0.2) is 12.8 Å². The summed E-state index contributed by atoms with van der Waals surface area (Å²) in [6.07, 6.45) is 2.31. The smallest absolute Gasteiger partial charge is 0.243 e. The van der Waals surface area contributed by atoms with Crippen molar-refractivity contribution in [3.63, 3.8) is 0 Å². The number of piperidine rings is 1. The van der Waals surface area contributed by atoms with Crippen LogP contribution in [0.25, 0.3) is 0 Å². The van der Waals surface area contributed by atoms with Crippen LogP contribution in [-0.2, 0) is 19.6 Å². The fourth-order valence-corrected chi connectivity index (χ4v) is 5.11. The largest absolute Gasteiger partial charge is 0.368 e. The SMILES string of the molecule is NC(=O)[C@@H]1CCCCN1C(=O)CN1CCN(S(=O)(=O)c2ccc(F)cc2)CC1. The van der Waals surface area contributed by atoms with Crippen molar-refractivity contribution < 1.29 is 22.4 Å². The molecule has 1 aromatic carbocycles. The average molecular weight is 412 g/mol. The summed E-state index contributed by atoms with van der Waals surface area (Å²) in [6, 6.07) is 4.19. The van der Waals surface area contributed by atoms with Gasteiger partial charge in [-0.05, 0) is 43.5 Å². The maximum Gasteiger partial charge on any atom is 0.243 e. The zero-order valence-electron chi connectivity index (χ0n) is 15.6. The molecule has 2 fully saturated rings. The highest BCUT2D eigenvalue weighted by atomic mass is 32.2. The van der Waals surface area contributed by atoms with E-state index in [2.05, 4.69) is 0 Å². The minimum absolute atomic E-state index is 0.0519. The maximum absolute atomic E-state index is 13.0. The Kier molecular flexibility index (Phi) is 6.31. The molecule has 8 nitrogen and oxygen atoms in total. The molecule has 0 radical (unpaired) electrons. The summed E-state index contributed by atoms with van der Waals surface area (Å²) in [4.78, 5) is 27.7. The minimum Gasteiger partial charge on any atom is -0.368 e. The van der Waals surface area contributed by atoms with Gasteiger partial charge >= 0.3 is 0 Å². The highest BCUT2D eigenvalue weighted by molar-refractivity contribution is 7.89. The number of nitrogens with zero attached hydrogens (tertiary/aromatic N) is 3. The molecule has 0 aliphatic carbocycles. The van der Waals surface area contributed by atoms with Crippen molar-refractivity contribution in [2.45, 2.75) is 30.2 Å². The van der Waals surface area contributed by atoms with E-state index in [-0.39, 0.29) is 30.4 Å². The zero-order valence-corrected chi connectivity index (χ0v) is 16.4. The number of benzene rings is 1. The fraction of sp³-hybridized carbons (Fsp3) is 0.556. The lowest BCUT2D eigenvalue weighted by Gasteiger charge is -2.37. The van der Waals surface area contributed by atoms with E-state index < -0.39 is 27.8 Å². The number of hydrogen-bond acceptors (Lipinski definition) is 5. The van der Waals surface area contributed by atoms with Gasteiger partial charge in [0.15, 0.2) is 0 Å². The standard InChI is InChI=1S/C18H25FN4O4S/c19-14-4-6-15(7-5-14)28(26,27)22-11-9-21(10-12-22)13-17(24)23-8-2-1-3-16(23)18(20)25/h4-7,16H,1-3,8-13H2,(H2,20,25)/t16-/m0/s1. The predicted molar refractivity (Wildman–Crippen MR) is 100 cm³/mol. The molecule has 10 heteroatoms. The molecule has 1 aromatic rings. The van der Waals surface area contributed by atoms with Crippen LogP contribution >= 0.6 is 0 Å². The lowest BCUT2D eigenvalue weighted by molar-refractivity contribution is -0.142. The van der Waals surface area contributed by atoms with Crippen LogP contribution in [0.1, 0.15) is 19.3 Å². The topological polar surface area (TPSA) is 104 Å². The molecule has 28 heavy (non-hydrogen) atoms. The van der Waals surface area contributed by atoms with Crippen LogP contribution < -0.4 is 5.73 Å². The summed E-state index contributed by atoms with van der Waals surface area (Å²) in [7, 11) is -3.69. The van der Waals surface area contributed by atoms with Crippen molar-refractivity contribution in [3.8, 4) is 0 Å². The molecule has 0 unspecified atom stereocenters. The predicted octanol–water partition coefficient (Wildman–Crippen LogP) is -0.00160. The van der Waals surface area contributed by atoms with E-state index in [9.17, 15) is 22.4 Å². The van der Waals surface area contributed by atoms with E-state index in [0.717, 1.165) is 25.0 Å². The number of piperazine rings is 1. The average Bonchev–Trinajstić information content (AvgIpc) is 2.68. The Morgan fingerprint density at radius 3 is 2.29 bits per heavy atom. The Morgan fingerprint density at radius 2 is 1.68 bits per heavy atom. The summed E-state index contributed by atoms with van der Waals surface area (Å²) in [5, 5.41) is 0. The normalized spacial score (nSPS) is 22.2. The summed E-state index contributed by atoms with van der Waals surface area (Å²) >= 11 is 0. The summed E-state index contributed by atoms with van der Waals surface area (Å²) in [5.74, 6) is -1.13. The van der Waals surface area contributed by atoms with E-state index in [1.807, 2.05) is 4.90 Å². The summed E-state index contributed by atoms with van der Waals surface area (Å²) < 4.78 is 39.7. The second kappa shape index (κ2) is 8.54. The second-order valence-corrected chi connectivity index (χ2v) is 9.07. The van der Waals surface area contributed by atoms with Gasteiger partial charge in [0.2, 0.25) is 21.8 Å². The first kappa shape index (κ1) is 20.7. The Labute approximate surface area is 164 Å². The first-order valence-electron chi connectivity index (χ1n) is 9.36. The van der Waals surface area contributed by atoms with Gasteiger partial charge in [0.25, 0.3) is 0 Å². The Hall–Kier alpha value is -2.04. The lowest BCUT2D eigenvalue weighted by atomic mass is 10.0. The van der Waals surface area contributed by atoms with Gasteiger partial charge in [-0.15, -0.1) is 0 Å². The summed E-state index contributed by atoms with van der Waals surface area (Å²) in [5.41, 5.74) is 5.42. The Morgan fingerprint density at radius 1 is 1.04 bits per heavy atom. The summed E-state index contributed by atoms with van der Waals surface area (Å²) in [6.45, 7) is 1.94. The van der Waals surface area contributed by atoms with Gasteiger partial charge in [-0.2, -0.15) is 4.31 Å². The molecule has 2 aliphatic heterocycles. The third-order valence-corrected chi connectivity index (χ3v) is 7.21.